The van der Waals surface area contributed by atoms with Gasteiger partial charge >= 0.3 is 0 Å². The van der Waals surface area contributed by atoms with E-state index in [1.807, 2.05) is 30.3 Å². The Bertz CT molecular complexity index is 970. The Morgan fingerprint density at radius 3 is 2.16 bits per heavy atom. The second kappa shape index (κ2) is 10.9. The zero-order valence-corrected chi connectivity index (χ0v) is 17.4. The number of carbonyl (C=O) groups excluding carboxylic acids is 1. The van der Waals surface area contributed by atoms with Crippen molar-refractivity contribution in [1.29, 1.82) is 0 Å². The van der Waals surface area contributed by atoms with Gasteiger partial charge in [0, 0.05) is 6.54 Å². The SMILES string of the molecule is COc1cccc(OC)c1OCC(O)CNC(=O)c1ccccc1Oc1ccccc1. The molecule has 7 nitrogen and oxygen atoms in total. The molecule has 31 heavy (non-hydrogen) atoms. The van der Waals surface area contributed by atoms with Crippen LogP contribution < -0.4 is 24.3 Å². The highest BCUT2D eigenvalue weighted by molar-refractivity contribution is 5.97. The molecule has 0 saturated heterocycles. The Morgan fingerprint density at radius 2 is 1.48 bits per heavy atom. The van der Waals surface area contributed by atoms with Gasteiger partial charge in [0.05, 0.1) is 19.8 Å². The fourth-order valence-corrected chi connectivity index (χ4v) is 2.86. The summed E-state index contributed by atoms with van der Waals surface area (Å²) in [5.41, 5.74) is 0.367. The standard InChI is InChI=1S/C24H25NO6/c1-28-21-13-8-14-22(29-2)23(21)30-16-17(26)15-25-24(27)19-11-6-7-12-20(19)31-18-9-4-3-5-10-18/h3-14,17,26H,15-16H2,1-2H3,(H,25,27). The van der Waals surface area contributed by atoms with Crippen LogP contribution in [0.3, 0.4) is 0 Å². The van der Waals surface area contributed by atoms with Crippen LogP contribution in [-0.2, 0) is 0 Å². The maximum Gasteiger partial charge on any atom is 0.255 e. The zero-order chi connectivity index (χ0) is 22.1. The monoisotopic (exact) mass is 423 g/mol. The summed E-state index contributed by atoms with van der Waals surface area (Å²) in [7, 11) is 3.04. The summed E-state index contributed by atoms with van der Waals surface area (Å²) in [6.45, 7) is -0.0604. The number of methoxy groups -OCH3 is 2. The maximum absolute atomic E-state index is 12.7. The number of aliphatic hydroxyl groups is 1. The molecule has 0 aliphatic carbocycles. The van der Waals surface area contributed by atoms with E-state index < -0.39 is 6.10 Å². The normalized spacial score (nSPS) is 11.3. The van der Waals surface area contributed by atoms with Gasteiger partial charge in [-0.05, 0) is 36.4 Å². The van der Waals surface area contributed by atoms with E-state index in [0.717, 1.165) is 0 Å². The molecule has 0 spiro atoms. The van der Waals surface area contributed by atoms with Gasteiger partial charge in [-0.3, -0.25) is 4.79 Å². The molecule has 1 amide bonds. The number of aliphatic hydroxyl groups excluding tert-OH is 1. The first-order valence-electron chi connectivity index (χ1n) is 9.74. The van der Waals surface area contributed by atoms with Crippen LogP contribution in [0.5, 0.6) is 28.7 Å². The van der Waals surface area contributed by atoms with Crippen molar-refractivity contribution in [2.45, 2.75) is 6.10 Å². The Hall–Kier alpha value is -3.71. The number of nitrogens with one attached hydrogen (secondary N) is 1. The number of para-hydroxylation sites is 3. The minimum absolute atomic E-state index is 0.00400. The Kier molecular flexibility index (Phi) is 7.73. The van der Waals surface area contributed by atoms with Crippen molar-refractivity contribution in [1.82, 2.24) is 5.32 Å². The van der Waals surface area contributed by atoms with E-state index in [1.165, 1.54) is 14.2 Å². The van der Waals surface area contributed by atoms with Gasteiger partial charge in [0.1, 0.15) is 24.2 Å². The molecule has 3 aromatic carbocycles. The van der Waals surface area contributed by atoms with E-state index in [9.17, 15) is 9.90 Å². The summed E-state index contributed by atoms with van der Waals surface area (Å²) in [5, 5.41) is 13.0. The number of hydrogen-bond donors (Lipinski definition) is 2. The third-order valence-electron chi connectivity index (χ3n) is 4.40. The van der Waals surface area contributed by atoms with Gasteiger partial charge in [-0.25, -0.2) is 0 Å². The molecular formula is C24H25NO6. The van der Waals surface area contributed by atoms with Crippen LogP contribution in [0.25, 0.3) is 0 Å². The molecule has 0 aliphatic rings. The second-order valence-corrected chi connectivity index (χ2v) is 6.58. The van der Waals surface area contributed by atoms with E-state index >= 15 is 0 Å². The Morgan fingerprint density at radius 1 is 0.871 bits per heavy atom. The first-order valence-corrected chi connectivity index (χ1v) is 9.74. The van der Waals surface area contributed by atoms with Crippen molar-refractivity contribution in [3.8, 4) is 28.7 Å². The van der Waals surface area contributed by atoms with Gasteiger partial charge < -0.3 is 29.4 Å². The molecule has 0 fully saturated rings. The third kappa shape index (κ3) is 5.90. The molecule has 1 unspecified atom stereocenters. The van der Waals surface area contributed by atoms with E-state index in [4.69, 9.17) is 18.9 Å². The lowest BCUT2D eigenvalue weighted by molar-refractivity contribution is 0.0832. The molecule has 0 aromatic heterocycles. The zero-order valence-electron chi connectivity index (χ0n) is 17.4. The predicted molar refractivity (Wildman–Crippen MR) is 116 cm³/mol. The molecule has 162 valence electrons. The lowest BCUT2D eigenvalue weighted by Gasteiger charge is -2.17. The number of ether oxygens (including phenoxy) is 4. The number of benzene rings is 3. The average molecular weight is 423 g/mol. The van der Waals surface area contributed by atoms with Crippen molar-refractivity contribution < 1.29 is 28.8 Å². The highest BCUT2D eigenvalue weighted by Crippen LogP contribution is 2.36. The predicted octanol–water partition coefficient (Wildman–Crippen LogP) is 3.67. The third-order valence-corrected chi connectivity index (χ3v) is 4.40. The average Bonchev–Trinajstić information content (AvgIpc) is 2.81. The van der Waals surface area contributed by atoms with Gasteiger partial charge in [-0.2, -0.15) is 0 Å². The Labute approximate surface area is 181 Å². The molecule has 3 aromatic rings. The van der Waals surface area contributed by atoms with Crippen molar-refractivity contribution in [3.05, 3.63) is 78.4 Å². The first kappa shape index (κ1) is 22.0. The van der Waals surface area contributed by atoms with Gasteiger partial charge in [-0.15, -0.1) is 0 Å². The topological polar surface area (TPSA) is 86.3 Å². The van der Waals surface area contributed by atoms with Crippen LogP contribution in [0.15, 0.2) is 72.8 Å². The summed E-state index contributed by atoms with van der Waals surface area (Å²) < 4.78 is 22.0. The van der Waals surface area contributed by atoms with Crippen LogP contribution in [0.4, 0.5) is 0 Å². The summed E-state index contributed by atoms with van der Waals surface area (Å²) in [5.74, 6) is 2.06. The molecule has 3 rings (SSSR count). The molecule has 0 radical (unpaired) electrons. The Balaban J connectivity index is 1.58. The van der Waals surface area contributed by atoms with Gasteiger partial charge in [0.15, 0.2) is 11.5 Å². The van der Waals surface area contributed by atoms with Crippen molar-refractivity contribution >= 4 is 5.91 Å². The maximum atomic E-state index is 12.7. The number of amides is 1. The van der Waals surface area contributed by atoms with Crippen LogP contribution in [0, 0.1) is 0 Å². The summed E-state index contributed by atoms with van der Waals surface area (Å²) in [4.78, 5) is 12.7. The first-order chi connectivity index (χ1) is 15.1. The van der Waals surface area contributed by atoms with E-state index in [1.54, 1.807) is 42.5 Å². The molecule has 0 aliphatic heterocycles. The number of rotatable bonds is 10. The highest BCUT2D eigenvalue weighted by Gasteiger charge is 2.17. The lowest BCUT2D eigenvalue weighted by Crippen LogP contribution is -2.35. The summed E-state index contributed by atoms with van der Waals surface area (Å²) in [6.07, 6.45) is -0.944. The van der Waals surface area contributed by atoms with Crippen molar-refractivity contribution in [2.75, 3.05) is 27.4 Å². The molecular weight excluding hydrogens is 398 g/mol. The molecule has 0 bridgehead atoms. The fraction of sp³-hybridized carbons (Fsp3) is 0.208. The molecule has 0 heterocycles. The number of carbonyl (C=O) groups is 1. The van der Waals surface area contributed by atoms with Gasteiger partial charge in [0.25, 0.3) is 5.91 Å². The minimum atomic E-state index is -0.944. The van der Waals surface area contributed by atoms with E-state index in [0.29, 0.717) is 34.3 Å². The van der Waals surface area contributed by atoms with Crippen molar-refractivity contribution in [2.24, 2.45) is 0 Å². The smallest absolute Gasteiger partial charge is 0.255 e. The van der Waals surface area contributed by atoms with Crippen LogP contribution in [0.1, 0.15) is 10.4 Å². The fourth-order valence-electron chi connectivity index (χ4n) is 2.86. The molecule has 2 N–H and O–H groups in total. The molecule has 1 atom stereocenters. The molecule has 0 saturated carbocycles. The second-order valence-electron chi connectivity index (χ2n) is 6.58. The van der Waals surface area contributed by atoms with Crippen LogP contribution >= 0.6 is 0 Å². The van der Waals surface area contributed by atoms with Gasteiger partial charge in [-0.1, -0.05) is 36.4 Å². The van der Waals surface area contributed by atoms with Crippen LogP contribution in [0.2, 0.25) is 0 Å². The lowest BCUT2D eigenvalue weighted by atomic mass is 10.2. The molecule has 7 heteroatoms. The summed E-state index contributed by atoms with van der Waals surface area (Å²) >= 11 is 0. The van der Waals surface area contributed by atoms with Crippen molar-refractivity contribution in [3.63, 3.8) is 0 Å². The highest BCUT2D eigenvalue weighted by atomic mass is 16.5. The summed E-state index contributed by atoms with van der Waals surface area (Å²) in [6, 6.07) is 21.4. The van der Waals surface area contributed by atoms with Gasteiger partial charge in [0.2, 0.25) is 5.75 Å². The largest absolute Gasteiger partial charge is 0.493 e. The van der Waals surface area contributed by atoms with E-state index in [-0.39, 0.29) is 19.1 Å². The number of hydrogen-bond acceptors (Lipinski definition) is 6. The van der Waals surface area contributed by atoms with Crippen LogP contribution in [-0.4, -0.2) is 44.5 Å². The minimum Gasteiger partial charge on any atom is -0.493 e. The van der Waals surface area contributed by atoms with E-state index in [2.05, 4.69) is 5.32 Å². The quantitative estimate of drug-likeness (QED) is 0.518.